The Labute approximate surface area is 152 Å². The third kappa shape index (κ3) is 6.10. The standard InChI is InChI=1S/C20H21FN2O3/c1-20(2,3)26-19(24)23-11-10-14-4-7-16(8-5-14)25-17-9-6-15(13-22)18(21)12-17/h4-9,12H,10-11H2,1-3H3,(H,23,24). The molecule has 1 N–H and O–H groups in total. The Hall–Kier alpha value is -3.07. The molecule has 0 spiro atoms. The van der Waals surface area contributed by atoms with Crippen molar-refractivity contribution in [3.63, 3.8) is 0 Å². The van der Waals surface area contributed by atoms with E-state index in [1.807, 2.05) is 32.9 Å². The van der Waals surface area contributed by atoms with Gasteiger partial charge in [0.1, 0.15) is 29.0 Å². The van der Waals surface area contributed by atoms with E-state index in [-0.39, 0.29) is 5.56 Å². The van der Waals surface area contributed by atoms with E-state index in [0.717, 1.165) is 5.56 Å². The monoisotopic (exact) mass is 356 g/mol. The number of ether oxygens (including phenoxy) is 2. The third-order valence-electron chi connectivity index (χ3n) is 3.30. The molecule has 0 bridgehead atoms. The molecular formula is C20H21FN2O3. The Bertz CT molecular complexity index is 805. The SMILES string of the molecule is CC(C)(C)OC(=O)NCCc1ccc(Oc2ccc(C#N)c(F)c2)cc1. The van der Waals surface area contributed by atoms with Gasteiger partial charge in [0, 0.05) is 12.6 Å². The van der Waals surface area contributed by atoms with Gasteiger partial charge in [-0.2, -0.15) is 5.26 Å². The molecule has 2 aromatic rings. The summed E-state index contributed by atoms with van der Waals surface area (Å²) in [4.78, 5) is 11.6. The van der Waals surface area contributed by atoms with Gasteiger partial charge in [-0.15, -0.1) is 0 Å². The maximum atomic E-state index is 13.6. The van der Waals surface area contributed by atoms with Crippen LogP contribution in [-0.4, -0.2) is 18.2 Å². The normalized spacial score (nSPS) is 10.7. The minimum Gasteiger partial charge on any atom is -0.457 e. The highest BCUT2D eigenvalue weighted by molar-refractivity contribution is 5.67. The first kappa shape index (κ1) is 19.3. The van der Waals surface area contributed by atoms with Crippen molar-refractivity contribution in [1.82, 2.24) is 5.32 Å². The molecule has 0 aliphatic heterocycles. The van der Waals surface area contributed by atoms with Crippen LogP contribution in [0.1, 0.15) is 31.9 Å². The summed E-state index contributed by atoms with van der Waals surface area (Å²) in [6, 6.07) is 13.1. The molecule has 2 aromatic carbocycles. The molecule has 0 aliphatic rings. The molecule has 26 heavy (non-hydrogen) atoms. The fourth-order valence-corrected chi connectivity index (χ4v) is 2.13. The largest absolute Gasteiger partial charge is 0.457 e. The zero-order valence-electron chi connectivity index (χ0n) is 15.0. The molecule has 0 atom stereocenters. The van der Waals surface area contributed by atoms with Crippen molar-refractivity contribution in [3.05, 3.63) is 59.4 Å². The fraction of sp³-hybridized carbons (Fsp3) is 0.300. The summed E-state index contributed by atoms with van der Waals surface area (Å²) >= 11 is 0. The first-order chi connectivity index (χ1) is 12.3. The molecular weight excluding hydrogens is 335 g/mol. The zero-order valence-corrected chi connectivity index (χ0v) is 15.0. The number of nitriles is 1. The van der Waals surface area contributed by atoms with Crippen molar-refractivity contribution in [2.24, 2.45) is 0 Å². The number of halogens is 1. The third-order valence-corrected chi connectivity index (χ3v) is 3.30. The topological polar surface area (TPSA) is 71.3 Å². The summed E-state index contributed by atoms with van der Waals surface area (Å²) in [6.45, 7) is 5.89. The van der Waals surface area contributed by atoms with Gasteiger partial charge in [-0.05, 0) is 57.0 Å². The number of benzene rings is 2. The van der Waals surface area contributed by atoms with Crippen molar-refractivity contribution in [2.45, 2.75) is 32.8 Å². The lowest BCUT2D eigenvalue weighted by Gasteiger charge is -2.19. The minimum atomic E-state index is -0.616. The molecule has 136 valence electrons. The van der Waals surface area contributed by atoms with Gasteiger partial charge in [-0.3, -0.25) is 0 Å². The van der Waals surface area contributed by atoms with Gasteiger partial charge in [-0.25, -0.2) is 9.18 Å². The molecule has 0 radical (unpaired) electrons. The quantitative estimate of drug-likeness (QED) is 0.853. The molecule has 0 saturated carbocycles. The second-order valence-electron chi connectivity index (χ2n) is 6.68. The molecule has 0 fully saturated rings. The van der Waals surface area contributed by atoms with Crippen LogP contribution in [0.25, 0.3) is 0 Å². The van der Waals surface area contributed by atoms with Crippen LogP contribution in [0.15, 0.2) is 42.5 Å². The molecule has 0 heterocycles. The smallest absolute Gasteiger partial charge is 0.407 e. The van der Waals surface area contributed by atoms with Crippen molar-refractivity contribution in [3.8, 4) is 17.6 Å². The molecule has 0 unspecified atom stereocenters. The Morgan fingerprint density at radius 2 is 1.81 bits per heavy atom. The van der Waals surface area contributed by atoms with Gasteiger partial charge >= 0.3 is 6.09 Å². The number of carbonyl (C=O) groups is 1. The van der Waals surface area contributed by atoms with Crippen LogP contribution >= 0.6 is 0 Å². The van der Waals surface area contributed by atoms with Gasteiger partial charge in [0.05, 0.1) is 5.56 Å². The van der Waals surface area contributed by atoms with E-state index in [1.54, 1.807) is 24.3 Å². The van der Waals surface area contributed by atoms with Crippen LogP contribution in [0.4, 0.5) is 9.18 Å². The first-order valence-corrected chi connectivity index (χ1v) is 8.20. The molecule has 0 aromatic heterocycles. The predicted molar refractivity (Wildman–Crippen MR) is 95.6 cm³/mol. The van der Waals surface area contributed by atoms with Gasteiger partial charge in [0.15, 0.2) is 0 Å². The summed E-state index contributed by atoms with van der Waals surface area (Å²) in [5.41, 5.74) is 0.471. The van der Waals surface area contributed by atoms with E-state index in [0.29, 0.717) is 24.5 Å². The highest BCUT2D eigenvalue weighted by atomic mass is 19.1. The summed E-state index contributed by atoms with van der Waals surface area (Å²) in [5.74, 6) is 0.258. The molecule has 5 nitrogen and oxygen atoms in total. The Balaban J connectivity index is 1.85. The van der Waals surface area contributed by atoms with Crippen LogP contribution < -0.4 is 10.1 Å². The zero-order chi connectivity index (χ0) is 19.2. The second kappa shape index (κ2) is 8.34. The molecule has 0 saturated heterocycles. The number of rotatable bonds is 5. The van der Waals surface area contributed by atoms with Crippen LogP contribution in [0.2, 0.25) is 0 Å². The van der Waals surface area contributed by atoms with Gasteiger partial charge in [-0.1, -0.05) is 12.1 Å². The lowest BCUT2D eigenvalue weighted by Crippen LogP contribution is -2.33. The average Bonchev–Trinajstić information content (AvgIpc) is 2.55. The van der Waals surface area contributed by atoms with Crippen LogP contribution in [-0.2, 0) is 11.2 Å². The predicted octanol–water partition coefficient (Wildman–Crippen LogP) is 4.56. The second-order valence-corrected chi connectivity index (χ2v) is 6.68. The van der Waals surface area contributed by atoms with Crippen LogP contribution in [0.3, 0.4) is 0 Å². The lowest BCUT2D eigenvalue weighted by atomic mass is 10.1. The highest BCUT2D eigenvalue weighted by Crippen LogP contribution is 2.23. The minimum absolute atomic E-state index is 0.0230. The Morgan fingerprint density at radius 3 is 2.38 bits per heavy atom. The lowest BCUT2D eigenvalue weighted by molar-refractivity contribution is 0.0528. The van der Waals surface area contributed by atoms with Crippen LogP contribution in [0, 0.1) is 17.1 Å². The summed E-state index contributed by atoms with van der Waals surface area (Å²) in [5, 5.41) is 11.4. The first-order valence-electron chi connectivity index (χ1n) is 8.20. The Kier molecular flexibility index (Phi) is 6.18. The number of alkyl carbamates (subject to hydrolysis) is 1. The summed E-state index contributed by atoms with van der Waals surface area (Å²) in [7, 11) is 0. The van der Waals surface area contributed by atoms with E-state index in [1.165, 1.54) is 12.1 Å². The maximum Gasteiger partial charge on any atom is 0.407 e. The van der Waals surface area contributed by atoms with Crippen LogP contribution in [0.5, 0.6) is 11.5 Å². The van der Waals surface area contributed by atoms with E-state index in [9.17, 15) is 9.18 Å². The summed E-state index contributed by atoms with van der Waals surface area (Å²) in [6.07, 6.45) is 0.200. The van der Waals surface area contributed by atoms with Gasteiger partial charge < -0.3 is 14.8 Å². The fourth-order valence-electron chi connectivity index (χ4n) is 2.13. The van der Waals surface area contributed by atoms with Crippen molar-refractivity contribution in [2.75, 3.05) is 6.54 Å². The summed E-state index contributed by atoms with van der Waals surface area (Å²) < 4.78 is 24.3. The van der Waals surface area contributed by atoms with Gasteiger partial charge in [0.25, 0.3) is 0 Å². The van der Waals surface area contributed by atoms with Crippen molar-refractivity contribution in [1.29, 1.82) is 5.26 Å². The number of amides is 1. The molecule has 1 amide bonds. The highest BCUT2D eigenvalue weighted by Gasteiger charge is 2.15. The number of hydrogen-bond donors (Lipinski definition) is 1. The Morgan fingerprint density at radius 1 is 1.15 bits per heavy atom. The average molecular weight is 356 g/mol. The van der Waals surface area contributed by atoms with E-state index >= 15 is 0 Å². The molecule has 6 heteroatoms. The number of nitrogens with zero attached hydrogens (tertiary/aromatic N) is 1. The van der Waals surface area contributed by atoms with Crippen molar-refractivity contribution >= 4 is 6.09 Å². The maximum absolute atomic E-state index is 13.6. The van der Waals surface area contributed by atoms with E-state index < -0.39 is 17.5 Å². The molecule has 0 aliphatic carbocycles. The van der Waals surface area contributed by atoms with Crippen molar-refractivity contribution < 1.29 is 18.7 Å². The van der Waals surface area contributed by atoms with Gasteiger partial charge in [0.2, 0.25) is 0 Å². The molecule has 2 rings (SSSR count). The number of carbonyl (C=O) groups excluding carboxylic acids is 1. The number of hydrogen-bond acceptors (Lipinski definition) is 4. The van der Waals surface area contributed by atoms with E-state index in [4.69, 9.17) is 14.7 Å². The number of nitrogens with one attached hydrogen (secondary N) is 1. The van der Waals surface area contributed by atoms with E-state index in [2.05, 4.69) is 5.32 Å².